The van der Waals surface area contributed by atoms with Crippen LogP contribution in [0, 0.1) is 6.92 Å². The zero-order valence-corrected chi connectivity index (χ0v) is 9.52. The molecule has 4 nitrogen and oxygen atoms in total. The average Bonchev–Trinajstić information content (AvgIpc) is 2.83. The number of hydrogen-bond donors (Lipinski definition) is 0. The quantitative estimate of drug-likeness (QED) is 0.771. The van der Waals surface area contributed by atoms with Crippen molar-refractivity contribution in [3.05, 3.63) is 15.6 Å². The highest BCUT2D eigenvalue weighted by Gasteiger charge is 2.42. The topological polar surface area (TPSA) is 48.4 Å². The van der Waals surface area contributed by atoms with E-state index in [1.807, 2.05) is 0 Å². The smallest absolute Gasteiger partial charge is 0.345 e. The third-order valence-corrected chi connectivity index (χ3v) is 3.30. The van der Waals surface area contributed by atoms with Crippen LogP contribution >= 0.6 is 11.3 Å². The van der Waals surface area contributed by atoms with E-state index in [9.17, 15) is 18.0 Å². The number of aryl methyl sites for hydroxylation is 1. The first-order chi connectivity index (χ1) is 7.89. The molecule has 17 heavy (non-hydrogen) atoms. The summed E-state index contributed by atoms with van der Waals surface area (Å²) in [5.41, 5.74) is 0.328. The molecule has 2 heterocycles. The van der Waals surface area contributed by atoms with Crippen molar-refractivity contribution < 1.29 is 27.4 Å². The van der Waals surface area contributed by atoms with Crippen molar-refractivity contribution in [3.63, 3.8) is 0 Å². The van der Waals surface area contributed by atoms with Crippen LogP contribution in [-0.4, -0.2) is 30.2 Å². The molecule has 0 aliphatic carbocycles. The molecule has 0 saturated carbocycles. The second kappa shape index (κ2) is 4.35. The van der Waals surface area contributed by atoms with Gasteiger partial charge in [0, 0.05) is 0 Å². The molecule has 0 N–H and O–H groups in total. The molecule has 0 amide bonds. The molecule has 0 spiro atoms. The van der Waals surface area contributed by atoms with Crippen LogP contribution in [0.4, 0.5) is 13.2 Å². The first kappa shape index (κ1) is 12.5. The van der Waals surface area contributed by atoms with Crippen molar-refractivity contribution >= 4 is 17.1 Å². The Morgan fingerprint density at radius 2 is 2.00 bits per heavy atom. The molecule has 2 rings (SSSR count). The highest BCUT2D eigenvalue weighted by atomic mass is 32.1. The molecule has 1 aromatic heterocycles. The van der Waals surface area contributed by atoms with Gasteiger partial charge in [0.25, 0.3) is 5.78 Å². The minimum atomic E-state index is -4.90. The van der Waals surface area contributed by atoms with E-state index in [1.54, 1.807) is 0 Å². The van der Waals surface area contributed by atoms with Crippen molar-refractivity contribution in [2.45, 2.75) is 19.4 Å². The normalized spacial score (nSPS) is 17.6. The molecule has 8 heteroatoms. The number of alkyl halides is 3. The standard InChI is InChI=1S/C9H8F3NO3S/c1-4-5(8-15-2-3-16-8)17-7(13-4)6(14)9(10,11)12/h8H,2-3H2,1H3. The summed E-state index contributed by atoms with van der Waals surface area (Å²) in [5.74, 6) is -1.94. The molecule has 0 atom stereocenters. The van der Waals surface area contributed by atoms with E-state index in [1.165, 1.54) is 6.92 Å². The number of carbonyl (C=O) groups is 1. The Balaban J connectivity index is 2.27. The highest BCUT2D eigenvalue weighted by Crippen LogP contribution is 2.33. The van der Waals surface area contributed by atoms with Gasteiger partial charge in [0.2, 0.25) is 0 Å². The van der Waals surface area contributed by atoms with E-state index in [0.717, 1.165) is 0 Å². The van der Waals surface area contributed by atoms with Gasteiger partial charge in [-0.25, -0.2) is 4.98 Å². The number of carbonyl (C=O) groups excluding carboxylic acids is 1. The second-order valence-corrected chi connectivity index (χ2v) is 4.40. The molecule has 0 aromatic carbocycles. The van der Waals surface area contributed by atoms with Crippen LogP contribution in [0.1, 0.15) is 26.7 Å². The van der Waals surface area contributed by atoms with Gasteiger partial charge in [-0.1, -0.05) is 0 Å². The number of thiazole rings is 1. The molecule has 1 saturated heterocycles. The van der Waals surface area contributed by atoms with Gasteiger partial charge in [-0.3, -0.25) is 4.79 Å². The Kier molecular flexibility index (Phi) is 3.19. The lowest BCUT2D eigenvalue weighted by Crippen LogP contribution is -2.22. The first-order valence-electron chi connectivity index (χ1n) is 4.71. The van der Waals surface area contributed by atoms with Gasteiger partial charge in [-0.2, -0.15) is 13.2 Å². The molecular formula is C9H8F3NO3S. The van der Waals surface area contributed by atoms with E-state index in [2.05, 4.69) is 4.98 Å². The van der Waals surface area contributed by atoms with Gasteiger partial charge in [0.1, 0.15) is 0 Å². The Bertz CT molecular complexity index is 437. The van der Waals surface area contributed by atoms with Gasteiger partial charge < -0.3 is 9.47 Å². The summed E-state index contributed by atoms with van der Waals surface area (Å²) in [6.07, 6.45) is -5.61. The van der Waals surface area contributed by atoms with Crippen LogP contribution in [0.2, 0.25) is 0 Å². The highest BCUT2D eigenvalue weighted by molar-refractivity contribution is 7.13. The lowest BCUT2D eigenvalue weighted by molar-refractivity contribution is -0.0885. The minimum absolute atomic E-state index is 0.328. The lowest BCUT2D eigenvalue weighted by atomic mass is 10.3. The summed E-state index contributed by atoms with van der Waals surface area (Å²) < 4.78 is 46.9. The van der Waals surface area contributed by atoms with Crippen LogP contribution in [0.15, 0.2) is 0 Å². The van der Waals surface area contributed by atoms with E-state index in [4.69, 9.17) is 9.47 Å². The Morgan fingerprint density at radius 3 is 2.53 bits per heavy atom. The summed E-state index contributed by atoms with van der Waals surface area (Å²) in [6, 6.07) is 0. The Hall–Kier alpha value is -0.990. The Morgan fingerprint density at radius 1 is 1.41 bits per heavy atom. The minimum Gasteiger partial charge on any atom is -0.345 e. The van der Waals surface area contributed by atoms with Crippen molar-refractivity contribution in [1.82, 2.24) is 4.98 Å². The van der Waals surface area contributed by atoms with Crippen LogP contribution in [0.3, 0.4) is 0 Å². The Labute approximate surface area is 98.4 Å². The van der Waals surface area contributed by atoms with E-state index >= 15 is 0 Å². The van der Waals surface area contributed by atoms with Gasteiger partial charge >= 0.3 is 6.18 Å². The first-order valence-corrected chi connectivity index (χ1v) is 5.53. The van der Waals surface area contributed by atoms with Gasteiger partial charge in [-0.05, 0) is 6.92 Å². The molecule has 1 fully saturated rings. The summed E-state index contributed by atoms with van der Waals surface area (Å²) in [6.45, 7) is 2.28. The van der Waals surface area contributed by atoms with E-state index < -0.39 is 23.3 Å². The molecule has 1 aromatic rings. The van der Waals surface area contributed by atoms with Crippen LogP contribution in [0.25, 0.3) is 0 Å². The van der Waals surface area contributed by atoms with Gasteiger partial charge in [0.15, 0.2) is 11.3 Å². The van der Waals surface area contributed by atoms with Crippen molar-refractivity contribution in [3.8, 4) is 0 Å². The van der Waals surface area contributed by atoms with Gasteiger partial charge in [-0.15, -0.1) is 11.3 Å². The number of rotatable bonds is 2. The number of aromatic nitrogens is 1. The molecule has 0 radical (unpaired) electrons. The third kappa shape index (κ3) is 2.48. The zero-order chi connectivity index (χ0) is 12.6. The summed E-state index contributed by atoms with van der Waals surface area (Å²) in [5, 5.41) is -0.580. The zero-order valence-electron chi connectivity index (χ0n) is 8.71. The molecule has 0 bridgehead atoms. The van der Waals surface area contributed by atoms with Gasteiger partial charge in [0.05, 0.1) is 23.8 Å². The van der Waals surface area contributed by atoms with E-state index in [-0.39, 0.29) is 0 Å². The maximum Gasteiger partial charge on any atom is 0.457 e. The molecule has 0 unspecified atom stereocenters. The van der Waals surface area contributed by atoms with Crippen molar-refractivity contribution in [1.29, 1.82) is 0 Å². The SMILES string of the molecule is Cc1nc(C(=O)C(F)(F)F)sc1C1OCCO1. The van der Waals surface area contributed by atoms with Crippen LogP contribution in [-0.2, 0) is 9.47 Å². The molecule has 1 aliphatic rings. The third-order valence-electron chi connectivity index (χ3n) is 2.12. The summed E-state index contributed by atoms with van der Waals surface area (Å²) in [4.78, 5) is 15.0. The fourth-order valence-corrected chi connectivity index (χ4v) is 2.38. The largest absolute Gasteiger partial charge is 0.457 e. The van der Waals surface area contributed by atoms with E-state index in [0.29, 0.717) is 35.1 Å². The lowest BCUT2D eigenvalue weighted by Gasteiger charge is -2.05. The van der Waals surface area contributed by atoms with Crippen molar-refractivity contribution in [2.75, 3.05) is 13.2 Å². The average molecular weight is 267 g/mol. The predicted octanol–water partition coefficient (Wildman–Crippen LogP) is 2.24. The number of ether oxygens (including phenoxy) is 2. The fraction of sp³-hybridized carbons (Fsp3) is 0.556. The molecule has 94 valence electrons. The molecule has 1 aliphatic heterocycles. The maximum absolute atomic E-state index is 12.2. The number of nitrogens with zero attached hydrogens (tertiary/aromatic N) is 1. The number of halogens is 3. The second-order valence-electron chi connectivity index (χ2n) is 3.37. The number of ketones is 1. The van der Waals surface area contributed by atoms with Crippen LogP contribution in [0.5, 0.6) is 0 Å². The molecular weight excluding hydrogens is 259 g/mol. The maximum atomic E-state index is 12.2. The monoisotopic (exact) mass is 267 g/mol. The fourth-order valence-electron chi connectivity index (χ4n) is 1.36. The summed E-state index contributed by atoms with van der Waals surface area (Å²) in [7, 11) is 0. The number of Topliss-reactive ketones (excluding diaryl/α,β-unsaturated/α-hetero) is 1. The van der Waals surface area contributed by atoms with Crippen molar-refractivity contribution in [2.24, 2.45) is 0 Å². The predicted molar refractivity (Wildman–Crippen MR) is 51.9 cm³/mol. The van der Waals surface area contributed by atoms with Crippen LogP contribution < -0.4 is 0 Å². The number of hydrogen-bond acceptors (Lipinski definition) is 5. The summed E-state index contributed by atoms with van der Waals surface area (Å²) >= 11 is 0.661.